The Balaban J connectivity index is 1.56. The van der Waals surface area contributed by atoms with Gasteiger partial charge in [0, 0.05) is 19.5 Å². The molecule has 0 saturated carbocycles. The number of carbonyl (C=O) groups is 3. The SMILES string of the molecule is CC(C)(C)OC(=O)N1CC[C@@H](CC(=O)N2C(=O)OC[C@H]2Cc2ccccc2)C1. The van der Waals surface area contributed by atoms with Gasteiger partial charge >= 0.3 is 12.2 Å². The summed E-state index contributed by atoms with van der Waals surface area (Å²) in [4.78, 5) is 40.0. The fraction of sp³-hybridized carbons (Fsp3) is 0.571. The molecule has 2 heterocycles. The predicted octanol–water partition coefficient (Wildman–Crippen LogP) is 3.22. The van der Waals surface area contributed by atoms with Crippen molar-refractivity contribution in [1.29, 1.82) is 0 Å². The molecular formula is C21H28N2O5. The van der Waals surface area contributed by atoms with Crippen molar-refractivity contribution >= 4 is 18.1 Å². The Morgan fingerprint density at radius 1 is 1.21 bits per heavy atom. The number of amides is 3. The van der Waals surface area contributed by atoms with E-state index in [1.54, 1.807) is 4.90 Å². The van der Waals surface area contributed by atoms with E-state index in [4.69, 9.17) is 9.47 Å². The number of cyclic esters (lactones) is 1. The van der Waals surface area contributed by atoms with E-state index in [9.17, 15) is 14.4 Å². The number of nitrogens with zero attached hydrogens (tertiary/aromatic N) is 2. The van der Waals surface area contributed by atoms with Crippen LogP contribution < -0.4 is 0 Å². The lowest BCUT2D eigenvalue weighted by Gasteiger charge is -2.24. The highest BCUT2D eigenvalue weighted by atomic mass is 16.6. The third-order valence-corrected chi connectivity index (χ3v) is 4.94. The molecule has 3 rings (SSSR count). The second-order valence-corrected chi connectivity index (χ2v) is 8.47. The summed E-state index contributed by atoms with van der Waals surface area (Å²) < 4.78 is 10.5. The van der Waals surface area contributed by atoms with E-state index in [1.807, 2.05) is 51.1 Å². The average Bonchev–Trinajstić information content (AvgIpc) is 3.21. The largest absolute Gasteiger partial charge is 0.447 e. The summed E-state index contributed by atoms with van der Waals surface area (Å²) in [6.45, 7) is 6.72. The Morgan fingerprint density at radius 3 is 2.61 bits per heavy atom. The van der Waals surface area contributed by atoms with Crippen molar-refractivity contribution in [3.05, 3.63) is 35.9 Å². The van der Waals surface area contributed by atoms with Crippen LogP contribution in [0, 0.1) is 5.92 Å². The van der Waals surface area contributed by atoms with Crippen molar-refractivity contribution in [2.75, 3.05) is 19.7 Å². The number of imide groups is 1. The van der Waals surface area contributed by atoms with E-state index in [2.05, 4.69) is 0 Å². The summed E-state index contributed by atoms with van der Waals surface area (Å²) >= 11 is 0. The van der Waals surface area contributed by atoms with Crippen LogP contribution in [0.2, 0.25) is 0 Å². The zero-order valence-electron chi connectivity index (χ0n) is 16.7. The van der Waals surface area contributed by atoms with Gasteiger partial charge in [-0.05, 0) is 45.1 Å². The molecule has 2 aliphatic rings. The fourth-order valence-electron chi connectivity index (χ4n) is 3.64. The zero-order chi connectivity index (χ0) is 20.3. The minimum Gasteiger partial charge on any atom is -0.447 e. The van der Waals surface area contributed by atoms with Crippen LogP contribution in [-0.4, -0.2) is 59.2 Å². The molecule has 0 spiro atoms. The quantitative estimate of drug-likeness (QED) is 0.792. The van der Waals surface area contributed by atoms with Gasteiger partial charge in [0.25, 0.3) is 0 Å². The topological polar surface area (TPSA) is 76.2 Å². The van der Waals surface area contributed by atoms with E-state index in [0.717, 1.165) is 12.0 Å². The van der Waals surface area contributed by atoms with Crippen LogP contribution >= 0.6 is 0 Å². The number of ether oxygens (including phenoxy) is 2. The summed E-state index contributed by atoms with van der Waals surface area (Å²) in [7, 11) is 0. The average molecular weight is 388 g/mol. The maximum Gasteiger partial charge on any atom is 0.416 e. The number of benzene rings is 1. The highest BCUT2D eigenvalue weighted by molar-refractivity contribution is 5.93. The van der Waals surface area contributed by atoms with E-state index >= 15 is 0 Å². The number of hydrogen-bond acceptors (Lipinski definition) is 5. The molecule has 2 atom stereocenters. The summed E-state index contributed by atoms with van der Waals surface area (Å²) in [5.74, 6) is -0.217. The summed E-state index contributed by atoms with van der Waals surface area (Å²) in [6, 6.07) is 9.46. The van der Waals surface area contributed by atoms with Crippen LogP contribution in [0.1, 0.15) is 39.2 Å². The van der Waals surface area contributed by atoms with Crippen molar-refractivity contribution in [2.45, 2.75) is 51.7 Å². The van der Waals surface area contributed by atoms with Crippen LogP contribution in [0.4, 0.5) is 9.59 Å². The first-order chi connectivity index (χ1) is 13.2. The van der Waals surface area contributed by atoms with Gasteiger partial charge in [0.2, 0.25) is 5.91 Å². The number of likely N-dealkylation sites (tertiary alicyclic amines) is 1. The molecule has 0 aromatic heterocycles. The maximum atomic E-state index is 12.8. The first-order valence-corrected chi connectivity index (χ1v) is 9.73. The van der Waals surface area contributed by atoms with Crippen LogP contribution in [-0.2, 0) is 20.7 Å². The molecule has 2 saturated heterocycles. The normalized spacial score (nSPS) is 22.3. The lowest BCUT2D eigenvalue weighted by molar-refractivity contribution is -0.130. The van der Waals surface area contributed by atoms with Crippen molar-refractivity contribution in [3.63, 3.8) is 0 Å². The molecule has 28 heavy (non-hydrogen) atoms. The van der Waals surface area contributed by atoms with Gasteiger partial charge in [-0.2, -0.15) is 0 Å². The number of hydrogen-bond donors (Lipinski definition) is 0. The molecule has 2 fully saturated rings. The van der Waals surface area contributed by atoms with Crippen LogP contribution in [0.3, 0.4) is 0 Å². The molecule has 7 nitrogen and oxygen atoms in total. The van der Waals surface area contributed by atoms with Gasteiger partial charge in [-0.15, -0.1) is 0 Å². The molecule has 1 aromatic carbocycles. The van der Waals surface area contributed by atoms with Gasteiger partial charge in [-0.25, -0.2) is 14.5 Å². The summed E-state index contributed by atoms with van der Waals surface area (Å²) in [6.07, 6.45) is 0.585. The van der Waals surface area contributed by atoms with Crippen molar-refractivity contribution in [2.24, 2.45) is 5.92 Å². The lowest BCUT2D eigenvalue weighted by Crippen LogP contribution is -2.41. The summed E-state index contributed by atoms with van der Waals surface area (Å²) in [5, 5.41) is 0. The molecule has 0 bridgehead atoms. The predicted molar refractivity (Wildman–Crippen MR) is 103 cm³/mol. The fourth-order valence-corrected chi connectivity index (χ4v) is 3.64. The molecule has 152 valence electrons. The molecule has 0 N–H and O–H groups in total. The first kappa shape index (κ1) is 20.2. The van der Waals surface area contributed by atoms with Crippen LogP contribution in [0.25, 0.3) is 0 Å². The van der Waals surface area contributed by atoms with E-state index in [-0.39, 0.29) is 37.0 Å². The molecule has 0 aliphatic carbocycles. The molecule has 1 aromatic rings. The smallest absolute Gasteiger partial charge is 0.416 e. The molecule has 2 aliphatic heterocycles. The van der Waals surface area contributed by atoms with Gasteiger partial charge in [0.1, 0.15) is 12.2 Å². The molecule has 0 radical (unpaired) electrons. The molecule has 3 amide bonds. The molecule has 7 heteroatoms. The third kappa shape index (κ3) is 5.03. The van der Waals surface area contributed by atoms with Gasteiger partial charge in [0.15, 0.2) is 0 Å². The zero-order valence-corrected chi connectivity index (χ0v) is 16.7. The van der Waals surface area contributed by atoms with Gasteiger partial charge in [-0.3, -0.25) is 4.79 Å². The van der Waals surface area contributed by atoms with Crippen LogP contribution in [0.15, 0.2) is 30.3 Å². The molecule has 0 unspecified atom stereocenters. The standard InChI is InChI=1S/C21H28N2O5/c1-21(2,3)28-19(25)22-10-9-16(13-22)12-18(24)23-17(14-27-20(23)26)11-15-7-5-4-6-8-15/h4-8,16-17H,9-14H2,1-3H3/t16-,17+/m0/s1. The second kappa shape index (κ2) is 8.20. The maximum absolute atomic E-state index is 12.8. The van der Waals surface area contributed by atoms with Crippen molar-refractivity contribution in [3.8, 4) is 0 Å². The van der Waals surface area contributed by atoms with Crippen LogP contribution in [0.5, 0.6) is 0 Å². The van der Waals surface area contributed by atoms with E-state index in [0.29, 0.717) is 19.5 Å². The number of rotatable bonds is 4. The first-order valence-electron chi connectivity index (χ1n) is 9.73. The highest BCUT2D eigenvalue weighted by Crippen LogP contribution is 2.25. The van der Waals surface area contributed by atoms with Gasteiger partial charge < -0.3 is 14.4 Å². The van der Waals surface area contributed by atoms with E-state index in [1.165, 1.54) is 4.90 Å². The molecular weight excluding hydrogens is 360 g/mol. The monoisotopic (exact) mass is 388 g/mol. The summed E-state index contributed by atoms with van der Waals surface area (Å²) in [5.41, 5.74) is 0.509. The van der Waals surface area contributed by atoms with Crippen molar-refractivity contribution < 1.29 is 23.9 Å². The van der Waals surface area contributed by atoms with Gasteiger partial charge in [-0.1, -0.05) is 30.3 Å². The minimum absolute atomic E-state index is 0.0193. The third-order valence-electron chi connectivity index (χ3n) is 4.94. The Morgan fingerprint density at radius 2 is 1.93 bits per heavy atom. The second-order valence-electron chi connectivity index (χ2n) is 8.47. The highest BCUT2D eigenvalue weighted by Gasteiger charge is 2.39. The Labute approximate surface area is 165 Å². The van der Waals surface area contributed by atoms with Gasteiger partial charge in [0.05, 0.1) is 6.04 Å². The Hall–Kier alpha value is -2.57. The Kier molecular flexibility index (Phi) is 5.91. The van der Waals surface area contributed by atoms with Crippen molar-refractivity contribution in [1.82, 2.24) is 9.80 Å². The number of carbonyl (C=O) groups excluding carboxylic acids is 3. The minimum atomic E-state index is -0.576. The lowest BCUT2D eigenvalue weighted by atomic mass is 10.0. The Bertz CT molecular complexity index is 728. The van der Waals surface area contributed by atoms with E-state index < -0.39 is 11.7 Å².